The van der Waals surface area contributed by atoms with Gasteiger partial charge in [-0.2, -0.15) is 5.10 Å². The van der Waals surface area contributed by atoms with Crippen LogP contribution in [0.2, 0.25) is 0 Å². The second-order valence-corrected chi connectivity index (χ2v) is 7.93. The topological polar surface area (TPSA) is 59.4 Å². The molecule has 2 amide bonds. The molecule has 2 aliphatic heterocycles. The number of urea groups is 1. The Hall–Kier alpha value is -2.34. The predicted octanol–water partition coefficient (Wildman–Crippen LogP) is 3.67. The molecular weight excluding hydrogens is 352 g/mol. The molecule has 0 saturated carbocycles. The van der Waals surface area contributed by atoms with Gasteiger partial charge in [0.15, 0.2) is 0 Å². The zero-order valence-electron chi connectivity index (χ0n) is 16.6. The molecule has 1 aromatic heterocycles. The summed E-state index contributed by atoms with van der Waals surface area (Å²) in [5.74, 6) is 0.474. The summed E-state index contributed by atoms with van der Waals surface area (Å²) >= 11 is 0. The molecule has 0 bridgehead atoms. The number of carbonyl (C=O) groups is 1. The summed E-state index contributed by atoms with van der Waals surface area (Å²) in [6.07, 6.45) is 8.11. The third kappa shape index (κ3) is 4.38. The number of aryl methyl sites for hydroxylation is 1. The minimum absolute atomic E-state index is 0.0207. The highest BCUT2D eigenvalue weighted by Gasteiger charge is 2.31. The second kappa shape index (κ2) is 8.78. The molecule has 0 aliphatic carbocycles. The van der Waals surface area contributed by atoms with Crippen LogP contribution in [0.3, 0.4) is 0 Å². The van der Waals surface area contributed by atoms with Crippen LogP contribution in [-0.2, 0) is 11.3 Å². The van der Waals surface area contributed by atoms with Gasteiger partial charge in [0.2, 0.25) is 0 Å². The van der Waals surface area contributed by atoms with Gasteiger partial charge in [-0.15, -0.1) is 0 Å². The molecule has 150 valence electrons. The van der Waals surface area contributed by atoms with Crippen LogP contribution < -0.4 is 5.32 Å². The summed E-state index contributed by atoms with van der Waals surface area (Å²) in [5, 5.41) is 7.67. The van der Waals surface area contributed by atoms with Crippen molar-refractivity contribution in [3.8, 4) is 5.69 Å². The molecule has 28 heavy (non-hydrogen) atoms. The quantitative estimate of drug-likeness (QED) is 0.878. The van der Waals surface area contributed by atoms with Crippen molar-refractivity contribution >= 4 is 6.03 Å². The molecule has 6 heteroatoms. The van der Waals surface area contributed by atoms with Crippen molar-refractivity contribution in [3.05, 3.63) is 47.8 Å². The maximum Gasteiger partial charge on any atom is 0.317 e. The third-order valence-corrected chi connectivity index (χ3v) is 5.94. The fraction of sp³-hybridized carbons (Fsp3) is 0.545. The van der Waals surface area contributed by atoms with Crippen LogP contribution in [0.5, 0.6) is 0 Å². The maximum absolute atomic E-state index is 12.7. The molecule has 1 aromatic carbocycles. The molecule has 4 rings (SSSR count). The van der Waals surface area contributed by atoms with E-state index >= 15 is 0 Å². The van der Waals surface area contributed by atoms with Gasteiger partial charge in [-0.1, -0.05) is 18.2 Å². The van der Waals surface area contributed by atoms with Gasteiger partial charge in [0, 0.05) is 43.9 Å². The summed E-state index contributed by atoms with van der Waals surface area (Å²) in [7, 11) is 0. The van der Waals surface area contributed by atoms with Crippen LogP contribution in [0, 0.1) is 12.8 Å². The van der Waals surface area contributed by atoms with Crippen molar-refractivity contribution in [1.29, 1.82) is 0 Å². The second-order valence-electron chi connectivity index (χ2n) is 7.93. The molecule has 0 spiro atoms. The highest BCUT2D eigenvalue weighted by molar-refractivity contribution is 5.74. The number of para-hydroxylation sites is 1. The Bertz CT molecular complexity index is 783. The van der Waals surface area contributed by atoms with Gasteiger partial charge >= 0.3 is 6.03 Å². The Morgan fingerprint density at radius 1 is 1.21 bits per heavy atom. The first kappa shape index (κ1) is 19.0. The average molecular weight is 383 g/mol. The lowest BCUT2D eigenvalue weighted by Crippen LogP contribution is -2.48. The number of carbonyl (C=O) groups excluding carboxylic acids is 1. The number of nitrogens with zero attached hydrogens (tertiary/aromatic N) is 3. The molecular formula is C22H30N4O2. The van der Waals surface area contributed by atoms with E-state index in [0.29, 0.717) is 18.6 Å². The fourth-order valence-electron chi connectivity index (χ4n) is 4.30. The average Bonchev–Trinajstić information content (AvgIpc) is 3.14. The maximum atomic E-state index is 12.7. The van der Waals surface area contributed by atoms with Crippen LogP contribution in [0.25, 0.3) is 5.69 Å². The number of ether oxygens (including phenoxy) is 1. The van der Waals surface area contributed by atoms with Gasteiger partial charge in [-0.3, -0.25) is 0 Å². The normalized spacial score (nSPS) is 22.8. The lowest BCUT2D eigenvalue weighted by molar-refractivity contribution is -0.0365. The molecule has 6 nitrogen and oxygen atoms in total. The van der Waals surface area contributed by atoms with E-state index in [2.05, 4.69) is 10.4 Å². The number of rotatable bonds is 4. The number of benzene rings is 1. The highest BCUT2D eigenvalue weighted by atomic mass is 16.5. The number of amides is 2. The zero-order valence-corrected chi connectivity index (χ0v) is 16.6. The number of nitrogens with one attached hydrogen (secondary N) is 1. The van der Waals surface area contributed by atoms with E-state index in [1.165, 1.54) is 12.8 Å². The van der Waals surface area contributed by atoms with Gasteiger partial charge in [0.1, 0.15) is 0 Å². The van der Waals surface area contributed by atoms with Crippen LogP contribution in [0.4, 0.5) is 4.79 Å². The molecule has 3 heterocycles. The number of hydrogen-bond donors (Lipinski definition) is 1. The van der Waals surface area contributed by atoms with E-state index in [0.717, 1.165) is 55.9 Å². The lowest BCUT2D eigenvalue weighted by atomic mass is 9.88. The molecule has 2 saturated heterocycles. The van der Waals surface area contributed by atoms with Crippen LogP contribution in [0.15, 0.2) is 36.5 Å². The van der Waals surface area contributed by atoms with Crippen molar-refractivity contribution < 1.29 is 9.53 Å². The Labute approximate surface area is 166 Å². The minimum Gasteiger partial charge on any atom is -0.378 e. The predicted molar refractivity (Wildman–Crippen MR) is 108 cm³/mol. The van der Waals surface area contributed by atoms with E-state index < -0.39 is 0 Å². The smallest absolute Gasteiger partial charge is 0.317 e. The molecule has 2 unspecified atom stereocenters. The minimum atomic E-state index is 0.0207. The Morgan fingerprint density at radius 3 is 2.86 bits per heavy atom. The van der Waals surface area contributed by atoms with Gasteiger partial charge in [-0.25, -0.2) is 9.48 Å². The number of aromatic nitrogens is 2. The van der Waals surface area contributed by atoms with Gasteiger partial charge < -0.3 is 15.0 Å². The van der Waals surface area contributed by atoms with Crippen molar-refractivity contribution in [2.45, 2.75) is 51.7 Å². The Morgan fingerprint density at radius 2 is 2.07 bits per heavy atom. The molecule has 2 aliphatic rings. The first-order valence-corrected chi connectivity index (χ1v) is 10.5. The van der Waals surface area contributed by atoms with E-state index in [4.69, 9.17) is 4.74 Å². The Kier molecular flexibility index (Phi) is 5.95. The van der Waals surface area contributed by atoms with Gasteiger partial charge in [-0.05, 0) is 51.2 Å². The molecule has 2 atom stereocenters. The fourth-order valence-corrected chi connectivity index (χ4v) is 4.30. The summed E-state index contributed by atoms with van der Waals surface area (Å²) in [6.45, 7) is 4.99. The van der Waals surface area contributed by atoms with Crippen molar-refractivity contribution in [2.24, 2.45) is 5.92 Å². The monoisotopic (exact) mass is 382 g/mol. The standard InChI is InChI=1S/C22H30N4O2/c1-17-19(16-26(24-17)20-9-3-2-4-10-20)14-23-22(27)25-12-7-8-18(15-25)21-11-5-6-13-28-21/h2-4,9-10,16,18,21H,5-8,11-15H2,1H3,(H,23,27). The van der Waals surface area contributed by atoms with E-state index in [1.807, 2.05) is 53.0 Å². The SMILES string of the molecule is Cc1nn(-c2ccccc2)cc1CNC(=O)N1CCCC(C2CCCCO2)C1. The highest BCUT2D eigenvalue weighted by Crippen LogP contribution is 2.27. The zero-order chi connectivity index (χ0) is 19.3. The van der Waals surface area contributed by atoms with Gasteiger partial charge in [0.05, 0.1) is 17.5 Å². The summed E-state index contributed by atoms with van der Waals surface area (Å²) in [4.78, 5) is 14.7. The lowest BCUT2D eigenvalue weighted by Gasteiger charge is -2.38. The summed E-state index contributed by atoms with van der Waals surface area (Å²) < 4.78 is 7.84. The van der Waals surface area contributed by atoms with E-state index in [9.17, 15) is 4.79 Å². The van der Waals surface area contributed by atoms with E-state index in [1.54, 1.807) is 0 Å². The molecule has 1 N–H and O–H groups in total. The molecule has 2 fully saturated rings. The molecule has 2 aromatic rings. The van der Waals surface area contributed by atoms with E-state index in [-0.39, 0.29) is 6.03 Å². The molecule has 0 radical (unpaired) electrons. The van der Waals surface area contributed by atoms with Crippen LogP contribution in [-0.4, -0.2) is 46.5 Å². The first-order chi connectivity index (χ1) is 13.7. The summed E-state index contributed by atoms with van der Waals surface area (Å²) in [5.41, 5.74) is 3.01. The number of hydrogen-bond acceptors (Lipinski definition) is 3. The van der Waals surface area contributed by atoms with Crippen LogP contribution >= 0.6 is 0 Å². The summed E-state index contributed by atoms with van der Waals surface area (Å²) in [6, 6.07) is 10.1. The van der Waals surface area contributed by atoms with Crippen molar-refractivity contribution in [1.82, 2.24) is 20.0 Å². The van der Waals surface area contributed by atoms with Crippen molar-refractivity contribution in [2.75, 3.05) is 19.7 Å². The number of piperidine rings is 1. The van der Waals surface area contributed by atoms with Crippen molar-refractivity contribution in [3.63, 3.8) is 0 Å². The Balaban J connectivity index is 1.33. The first-order valence-electron chi connectivity index (χ1n) is 10.5. The number of likely N-dealkylation sites (tertiary alicyclic amines) is 1. The van der Waals surface area contributed by atoms with Crippen LogP contribution in [0.1, 0.15) is 43.4 Å². The van der Waals surface area contributed by atoms with Gasteiger partial charge in [0.25, 0.3) is 0 Å². The third-order valence-electron chi connectivity index (χ3n) is 5.94. The largest absolute Gasteiger partial charge is 0.378 e.